The lowest BCUT2D eigenvalue weighted by Crippen LogP contribution is -2.50. The maximum Gasteiger partial charge on any atom is 0.274 e. The van der Waals surface area contributed by atoms with Crippen LogP contribution in [0.2, 0.25) is 0 Å². The van der Waals surface area contributed by atoms with E-state index in [0.717, 1.165) is 45.1 Å². The van der Waals surface area contributed by atoms with Crippen LogP contribution >= 0.6 is 0 Å². The molecule has 0 radical (unpaired) electrons. The minimum Gasteiger partial charge on any atom is -0.390 e. The van der Waals surface area contributed by atoms with Crippen molar-refractivity contribution in [2.24, 2.45) is 5.92 Å². The molecular weight excluding hydrogens is 290 g/mol. The molecule has 3 atom stereocenters. The van der Waals surface area contributed by atoms with E-state index in [4.69, 9.17) is 0 Å². The highest BCUT2D eigenvalue weighted by molar-refractivity contribution is 5.92. The fourth-order valence-corrected chi connectivity index (χ4v) is 4.29. The normalized spacial score (nSPS) is 31.8. The molecule has 1 aromatic heterocycles. The highest BCUT2D eigenvalue weighted by atomic mass is 16.3. The fourth-order valence-electron chi connectivity index (χ4n) is 4.29. The Morgan fingerprint density at radius 3 is 2.78 bits per heavy atom. The van der Waals surface area contributed by atoms with Gasteiger partial charge in [-0.3, -0.25) is 4.79 Å². The number of likely N-dealkylation sites (tertiary alicyclic amines) is 1. The Kier molecular flexibility index (Phi) is 4.50. The van der Waals surface area contributed by atoms with Crippen LogP contribution in [0.15, 0.2) is 12.5 Å². The zero-order chi connectivity index (χ0) is 16.6. The average molecular weight is 319 g/mol. The van der Waals surface area contributed by atoms with Gasteiger partial charge >= 0.3 is 0 Å². The molecule has 0 aromatic carbocycles. The topological polar surface area (TPSA) is 58.4 Å². The first-order valence-electron chi connectivity index (χ1n) is 8.97. The van der Waals surface area contributed by atoms with E-state index in [0.29, 0.717) is 11.7 Å². The molecule has 2 aliphatic rings. The van der Waals surface area contributed by atoms with Crippen molar-refractivity contribution in [1.29, 1.82) is 0 Å². The summed E-state index contributed by atoms with van der Waals surface area (Å²) in [5.74, 6) is 0.211. The standard InChI is InChI=1S/C18H29N3O2/c1-13(2)20-11-15(19-12-20)17(22)21-10-6-8-16(21)14-7-4-5-9-18(14,3)23/h11-14,16,23H,4-10H2,1-3H3/t14-,16-,18+/m1/s1. The molecule has 0 spiro atoms. The second-order valence-corrected chi connectivity index (χ2v) is 7.72. The number of nitrogens with zero attached hydrogens (tertiary/aromatic N) is 3. The highest BCUT2D eigenvalue weighted by Crippen LogP contribution is 2.41. The number of aromatic nitrogens is 2. The molecule has 1 amide bonds. The van der Waals surface area contributed by atoms with Gasteiger partial charge in [0.25, 0.3) is 5.91 Å². The van der Waals surface area contributed by atoms with Gasteiger partial charge in [0.05, 0.1) is 11.9 Å². The Bertz CT molecular complexity index is 564. The van der Waals surface area contributed by atoms with Crippen molar-refractivity contribution >= 4 is 5.91 Å². The van der Waals surface area contributed by atoms with Crippen LogP contribution in [0.4, 0.5) is 0 Å². The van der Waals surface area contributed by atoms with Gasteiger partial charge in [0.15, 0.2) is 0 Å². The summed E-state index contributed by atoms with van der Waals surface area (Å²) in [5.41, 5.74) is -0.121. The largest absolute Gasteiger partial charge is 0.390 e. The number of amides is 1. The van der Waals surface area contributed by atoms with Gasteiger partial charge in [-0.25, -0.2) is 4.98 Å². The van der Waals surface area contributed by atoms with Gasteiger partial charge in [0.1, 0.15) is 5.69 Å². The summed E-state index contributed by atoms with van der Waals surface area (Å²) in [6.45, 7) is 6.89. The Labute approximate surface area is 138 Å². The Morgan fingerprint density at radius 2 is 2.13 bits per heavy atom. The minimum atomic E-state index is -0.650. The second kappa shape index (κ2) is 6.27. The first-order chi connectivity index (χ1) is 10.9. The summed E-state index contributed by atoms with van der Waals surface area (Å²) in [6.07, 6.45) is 9.71. The Balaban J connectivity index is 1.79. The van der Waals surface area contributed by atoms with Crippen molar-refractivity contribution in [3.8, 4) is 0 Å². The summed E-state index contributed by atoms with van der Waals surface area (Å²) in [5, 5.41) is 10.8. The summed E-state index contributed by atoms with van der Waals surface area (Å²) in [6, 6.07) is 0.458. The zero-order valence-electron chi connectivity index (χ0n) is 14.5. The molecule has 3 rings (SSSR count). The van der Waals surface area contributed by atoms with E-state index >= 15 is 0 Å². The summed E-state index contributed by atoms with van der Waals surface area (Å²) >= 11 is 0. The molecule has 5 nitrogen and oxygen atoms in total. The minimum absolute atomic E-state index is 0.0215. The van der Waals surface area contributed by atoms with Crippen LogP contribution in [0.1, 0.15) is 75.8 Å². The number of carbonyl (C=O) groups is 1. The quantitative estimate of drug-likeness (QED) is 0.931. The molecular formula is C18H29N3O2. The van der Waals surface area contributed by atoms with Gasteiger partial charge in [0.2, 0.25) is 0 Å². The van der Waals surface area contributed by atoms with Crippen LogP contribution < -0.4 is 0 Å². The van der Waals surface area contributed by atoms with E-state index < -0.39 is 5.60 Å². The van der Waals surface area contributed by atoms with Gasteiger partial charge in [0, 0.05) is 30.7 Å². The fraction of sp³-hybridized carbons (Fsp3) is 0.778. The summed E-state index contributed by atoms with van der Waals surface area (Å²) < 4.78 is 1.97. The summed E-state index contributed by atoms with van der Waals surface area (Å²) in [7, 11) is 0. The molecule has 128 valence electrons. The lowest BCUT2D eigenvalue weighted by atomic mass is 9.72. The highest BCUT2D eigenvalue weighted by Gasteiger charge is 2.45. The molecule has 1 aromatic rings. The maximum atomic E-state index is 12.9. The van der Waals surface area contributed by atoms with Gasteiger partial charge < -0.3 is 14.6 Å². The van der Waals surface area contributed by atoms with E-state index in [1.165, 1.54) is 0 Å². The molecule has 1 saturated heterocycles. The van der Waals surface area contributed by atoms with Crippen molar-refractivity contribution < 1.29 is 9.90 Å². The van der Waals surface area contributed by atoms with Crippen LogP contribution in [-0.4, -0.2) is 43.7 Å². The van der Waals surface area contributed by atoms with E-state index in [9.17, 15) is 9.90 Å². The zero-order valence-corrected chi connectivity index (χ0v) is 14.5. The third kappa shape index (κ3) is 3.16. The number of rotatable bonds is 3. The van der Waals surface area contributed by atoms with E-state index in [-0.39, 0.29) is 17.9 Å². The third-order valence-corrected chi connectivity index (χ3v) is 5.69. The monoisotopic (exact) mass is 319 g/mol. The smallest absolute Gasteiger partial charge is 0.274 e. The third-order valence-electron chi connectivity index (χ3n) is 5.69. The lowest BCUT2D eigenvalue weighted by molar-refractivity contribution is -0.0578. The molecule has 1 saturated carbocycles. The maximum absolute atomic E-state index is 12.9. The Hall–Kier alpha value is -1.36. The first-order valence-corrected chi connectivity index (χ1v) is 8.97. The number of aliphatic hydroxyl groups is 1. The molecule has 1 aliphatic carbocycles. The first kappa shape index (κ1) is 16.5. The van der Waals surface area contributed by atoms with Crippen LogP contribution in [0.5, 0.6) is 0 Å². The van der Waals surface area contributed by atoms with Crippen molar-refractivity contribution in [3.63, 3.8) is 0 Å². The van der Waals surface area contributed by atoms with Gasteiger partial charge in [-0.15, -0.1) is 0 Å². The molecule has 2 fully saturated rings. The number of hydrogen-bond acceptors (Lipinski definition) is 3. The molecule has 0 bridgehead atoms. The number of carbonyl (C=O) groups excluding carboxylic acids is 1. The van der Waals surface area contributed by atoms with E-state index in [1.54, 1.807) is 6.33 Å². The lowest BCUT2D eigenvalue weighted by Gasteiger charge is -2.43. The Morgan fingerprint density at radius 1 is 1.35 bits per heavy atom. The van der Waals surface area contributed by atoms with Crippen LogP contribution in [0.3, 0.4) is 0 Å². The number of imidazole rings is 1. The van der Waals surface area contributed by atoms with E-state index in [1.807, 2.05) is 22.6 Å². The molecule has 2 heterocycles. The van der Waals surface area contributed by atoms with Gasteiger partial charge in [-0.2, -0.15) is 0 Å². The molecule has 0 unspecified atom stereocenters. The second-order valence-electron chi connectivity index (χ2n) is 7.72. The van der Waals surface area contributed by atoms with Crippen molar-refractivity contribution in [2.75, 3.05) is 6.54 Å². The number of hydrogen-bond donors (Lipinski definition) is 1. The van der Waals surface area contributed by atoms with Gasteiger partial charge in [-0.1, -0.05) is 12.8 Å². The predicted molar refractivity (Wildman–Crippen MR) is 89.3 cm³/mol. The SMILES string of the molecule is CC(C)n1cnc(C(=O)N2CCC[C@@H]2[C@H]2CCCC[C@]2(C)O)c1. The molecule has 1 aliphatic heterocycles. The van der Waals surface area contributed by atoms with Crippen LogP contribution in [0.25, 0.3) is 0 Å². The van der Waals surface area contributed by atoms with Crippen molar-refractivity contribution in [1.82, 2.24) is 14.5 Å². The molecule has 5 heteroatoms. The van der Waals surface area contributed by atoms with Crippen LogP contribution in [0, 0.1) is 5.92 Å². The summed E-state index contributed by atoms with van der Waals surface area (Å²) in [4.78, 5) is 19.2. The van der Waals surface area contributed by atoms with Crippen LogP contribution in [-0.2, 0) is 0 Å². The molecule has 1 N–H and O–H groups in total. The van der Waals surface area contributed by atoms with Gasteiger partial charge in [-0.05, 0) is 46.5 Å². The predicted octanol–water partition coefficient (Wildman–Crippen LogP) is 3.01. The van der Waals surface area contributed by atoms with Crippen molar-refractivity contribution in [2.45, 2.75) is 77.0 Å². The molecule has 23 heavy (non-hydrogen) atoms. The average Bonchev–Trinajstić information content (AvgIpc) is 3.15. The van der Waals surface area contributed by atoms with E-state index in [2.05, 4.69) is 18.8 Å². The van der Waals surface area contributed by atoms with Crippen molar-refractivity contribution in [3.05, 3.63) is 18.2 Å².